The van der Waals surface area contributed by atoms with E-state index < -0.39 is 0 Å². The van der Waals surface area contributed by atoms with Gasteiger partial charge in [0.05, 0.1) is 6.20 Å². The van der Waals surface area contributed by atoms with E-state index in [-0.39, 0.29) is 18.3 Å². The molecule has 0 spiro atoms. The monoisotopic (exact) mass is 362 g/mol. The van der Waals surface area contributed by atoms with Crippen LogP contribution in [0.1, 0.15) is 21.6 Å². The number of benzene rings is 1. The lowest BCUT2D eigenvalue weighted by Gasteiger charge is -2.16. The molecule has 0 N–H and O–H groups in total. The topological polar surface area (TPSA) is 68.3 Å². The van der Waals surface area contributed by atoms with E-state index in [4.69, 9.17) is 0 Å². The molecule has 0 saturated carbocycles. The lowest BCUT2D eigenvalue weighted by molar-refractivity contribution is 0.0759. The van der Waals surface area contributed by atoms with E-state index in [0.717, 1.165) is 16.7 Å². The molecule has 1 aromatic carbocycles. The molecule has 0 atom stereocenters. The van der Waals surface area contributed by atoms with Crippen molar-refractivity contribution in [3.05, 3.63) is 71.7 Å². The van der Waals surface area contributed by atoms with E-state index >= 15 is 0 Å². The molecular weight excluding hydrogens is 347 g/mol. The van der Waals surface area contributed by atoms with Crippen LogP contribution in [0.5, 0.6) is 0 Å². The Bertz CT molecular complexity index is 1190. The number of carbonyl (C=O) groups is 1. The summed E-state index contributed by atoms with van der Waals surface area (Å²) >= 11 is 0. The fourth-order valence-corrected chi connectivity index (χ4v) is 3.47. The van der Waals surface area contributed by atoms with Crippen LogP contribution in [-0.2, 0) is 20.1 Å². The highest BCUT2D eigenvalue weighted by atomic mass is 19.1. The first-order valence-corrected chi connectivity index (χ1v) is 8.48. The van der Waals surface area contributed by atoms with Crippen molar-refractivity contribution in [3.8, 4) is 11.1 Å². The maximum Gasteiger partial charge on any atom is 0.273 e. The highest BCUT2D eigenvalue weighted by Gasteiger charge is 2.31. The Morgan fingerprint density at radius 1 is 1.15 bits per heavy atom. The largest absolute Gasteiger partial charge is 0.328 e. The Kier molecular flexibility index (Phi) is 3.33. The lowest BCUT2D eigenvalue weighted by Crippen LogP contribution is -2.24. The second kappa shape index (κ2) is 5.73. The van der Waals surface area contributed by atoms with Crippen molar-refractivity contribution < 1.29 is 9.18 Å². The summed E-state index contributed by atoms with van der Waals surface area (Å²) in [5.74, 6) is -0.511. The average Bonchev–Trinajstić information content (AvgIpc) is 3.36. The highest BCUT2D eigenvalue weighted by Crippen LogP contribution is 2.27. The molecule has 4 aromatic rings. The first kappa shape index (κ1) is 15.7. The summed E-state index contributed by atoms with van der Waals surface area (Å²) in [5, 5.41) is 8.23. The number of nitrogens with zero attached hydrogens (tertiary/aromatic N) is 6. The highest BCUT2D eigenvalue weighted by molar-refractivity contribution is 5.97. The summed E-state index contributed by atoms with van der Waals surface area (Å²) in [5.41, 5.74) is 4.06. The van der Waals surface area contributed by atoms with Gasteiger partial charge in [-0.05, 0) is 17.7 Å². The Labute approximate surface area is 153 Å². The molecule has 4 heterocycles. The van der Waals surface area contributed by atoms with E-state index in [1.54, 1.807) is 26.4 Å². The van der Waals surface area contributed by atoms with E-state index in [0.29, 0.717) is 23.4 Å². The van der Waals surface area contributed by atoms with Crippen LogP contribution in [0.2, 0.25) is 0 Å². The van der Waals surface area contributed by atoms with E-state index in [2.05, 4.69) is 15.2 Å². The minimum atomic E-state index is -0.342. The zero-order valence-corrected chi connectivity index (χ0v) is 14.5. The molecule has 0 aliphatic carbocycles. The van der Waals surface area contributed by atoms with Crippen LogP contribution in [-0.4, -0.2) is 35.2 Å². The molecule has 1 aliphatic rings. The maximum absolute atomic E-state index is 14.7. The predicted octanol–water partition coefficient (Wildman–Crippen LogP) is 2.42. The third-order valence-electron chi connectivity index (χ3n) is 4.83. The number of carbonyl (C=O) groups excluding carboxylic acids is 1. The van der Waals surface area contributed by atoms with Crippen molar-refractivity contribution in [1.82, 2.24) is 29.3 Å². The molecule has 8 heteroatoms. The van der Waals surface area contributed by atoms with Gasteiger partial charge in [0.2, 0.25) is 0 Å². The molecule has 5 rings (SSSR count). The number of amides is 1. The molecule has 0 bridgehead atoms. The summed E-state index contributed by atoms with van der Waals surface area (Å²) in [6, 6.07) is 8.75. The van der Waals surface area contributed by atoms with Gasteiger partial charge in [0.25, 0.3) is 5.91 Å². The quantitative estimate of drug-likeness (QED) is 0.561. The molecule has 7 nitrogen and oxygen atoms in total. The molecule has 0 unspecified atom stereocenters. The number of aryl methyl sites for hydroxylation is 1. The van der Waals surface area contributed by atoms with Crippen molar-refractivity contribution in [2.24, 2.45) is 7.05 Å². The Morgan fingerprint density at radius 2 is 2.04 bits per heavy atom. The standard InChI is InChI=1S/C19H15FN6O/c1-24-8-15(7-22-24)12-2-3-13(16(20)6-12)9-25-10-14-4-5-17-21-11-23-26(17)18(14)19(25)27/h2-8,11H,9-10H2,1H3. The maximum atomic E-state index is 14.7. The molecule has 0 fully saturated rings. The zero-order valence-electron chi connectivity index (χ0n) is 14.5. The molecule has 3 aromatic heterocycles. The predicted molar refractivity (Wildman–Crippen MR) is 95.2 cm³/mol. The van der Waals surface area contributed by atoms with Gasteiger partial charge >= 0.3 is 0 Å². The van der Waals surface area contributed by atoms with Gasteiger partial charge in [0.1, 0.15) is 17.8 Å². The molecule has 1 aliphatic heterocycles. The Morgan fingerprint density at radius 3 is 2.81 bits per heavy atom. The van der Waals surface area contributed by atoms with Crippen LogP contribution in [0.4, 0.5) is 4.39 Å². The third-order valence-corrected chi connectivity index (χ3v) is 4.83. The smallest absolute Gasteiger partial charge is 0.273 e. The summed E-state index contributed by atoms with van der Waals surface area (Å²) < 4.78 is 17.9. The number of hydrogen-bond acceptors (Lipinski definition) is 4. The van der Waals surface area contributed by atoms with Crippen LogP contribution in [0.15, 0.2) is 49.1 Å². The second-order valence-corrected chi connectivity index (χ2v) is 6.61. The van der Waals surface area contributed by atoms with Crippen molar-refractivity contribution >= 4 is 11.6 Å². The van der Waals surface area contributed by atoms with E-state index in [1.165, 1.54) is 12.4 Å². The number of aromatic nitrogens is 5. The fourth-order valence-electron chi connectivity index (χ4n) is 3.47. The SMILES string of the molecule is Cn1cc(-c2ccc(CN3Cc4ccc5ncnn5c4C3=O)c(F)c2)cn1. The van der Waals surface area contributed by atoms with Crippen LogP contribution < -0.4 is 0 Å². The summed E-state index contributed by atoms with van der Waals surface area (Å²) in [6.07, 6.45) is 4.94. The van der Waals surface area contributed by atoms with Crippen molar-refractivity contribution in [3.63, 3.8) is 0 Å². The summed E-state index contributed by atoms with van der Waals surface area (Å²) in [4.78, 5) is 18.5. The lowest BCUT2D eigenvalue weighted by atomic mass is 10.1. The van der Waals surface area contributed by atoms with Crippen molar-refractivity contribution in [2.75, 3.05) is 0 Å². The molecule has 134 valence electrons. The average molecular weight is 362 g/mol. The third kappa shape index (κ3) is 2.49. The first-order valence-electron chi connectivity index (χ1n) is 8.48. The van der Waals surface area contributed by atoms with Gasteiger partial charge in [-0.15, -0.1) is 0 Å². The van der Waals surface area contributed by atoms with Gasteiger partial charge in [0.15, 0.2) is 5.65 Å². The van der Waals surface area contributed by atoms with Crippen LogP contribution in [0, 0.1) is 5.82 Å². The zero-order chi connectivity index (χ0) is 18.5. The number of hydrogen-bond donors (Lipinski definition) is 0. The molecule has 1 amide bonds. The minimum absolute atomic E-state index is 0.170. The van der Waals surface area contributed by atoms with Gasteiger partial charge in [-0.3, -0.25) is 9.48 Å². The van der Waals surface area contributed by atoms with Gasteiger partial charge in [-0.2, -0.15) is 10.2 Å². The van der Waals surface area contributed by atoms with Crippen molar-refractivity contribution in [2.45, 2.75) is 13.1 Å². The summed E-state index contributed by atoms with van der Waals surface area (Å²) in [6.45, 7) is 0.622. The molecule has 0 saturated heterocycles. The van der Waals surface area contributed by atoms with Crippen molar-refractivity contribution in [1.29, 1.82) is 0 Å². The first-order chi connectivity index (χ1) is 13.1. The van der Waals surface area contributed by atoms with Gasteiger partial charge in [-0.1, -0.05) is 18.2 Å². The number of pyridine rings is 1. The van der Waals surface area contributed by atoms with Gasteiger partial charge in [0, 0.05) is 43.0 Å². The number of fused-ring (bicyclic) bond motifs is 3. The Hall–Kier alpha value is -3.55. The van der Waals surface area contributed by atoms with Gasteiger partial charge in [-0.25, -0.2) is 13.9 Å². The fraction of sp³-hybridized carbons (Fsp3) is 0.158. The van der Waals surface area contributed by atoms with E-state index in [1.807, 2.05) is 31.4 Å². The van der Waals surface area contributed by atoms with Crippen LogP contribution >= 0.6 is 0 Å². The molecule has 0 radical (unpaired) electrons. The Balaban J connectivity index is 1.43. The summed E-state index contributed by atoms with van der Waals surface area (Å²) in [7, 11) is 1.82. The van der Waals surface area contributed by atoms with E-state index in [9.17, 15) is 9.18 Å². The number of halogens is 1. The van der Waals surface area contributed by atoms with Crippen LogP contribution in [0.25, 0.3) is 16.8 Å². The van der Waals surface area contributed by atoms with Crippen LogP contribution in [0.3, 0.4) is 0 Å². The normalized spacial score (nSPS) is 13.6. The minimum Gasteiger partial charge on any atom is -0.328 e. The second-order valence-electron chi connectivity index (χ2n) is 6.61. The number of rotatable bonds is 3. The molecular formula is C19H15FN6O. The molecule has 27 heavy (non-hydrogen) atoms. The van der Waals surface area contributed by atoms with Gasteiger partial charge < -0.3 is 4.90 Å².